The van der Waals surface area contributed by atoms with E-state index in [1.807, 2.05) is 18.2 Å². The molecule has 1 aliphatic heterocycles. The van der Waals surface area contributed by atoms with E-state index < -0.39 is 0 Å². The number of urea groups is 1. The summed E-state index contributed by atoms with van der Waals surface area (Å²) in [5.41, 5.74) is 1.21. The van der Waals surface area contributed by atoms with Crippen LogP contribution in [-0.4, -0.2) is 41.8 Å². The first-order valence-electron chi connectivity index (χ1n) is 8.84. The number of piperidine rings is 1. The van der Waals surface area contributed by atoms with E-state index in [0.29, 0.717) is 24.7 Å². The average molecular weight is 343 g/mol. The first-order valence-corrected chi connectivity index (χ1v) is 8.84. The minimum absolute atomic E-state index is 0.110. The number of benzene rings is 1. The predicted octanol–water partition coefficient (Wildman–Crippen LogP) is 2.28. The van der Waals surface area contributed by atoms with E-state index in [1.165, 1.54) is 5.69 Å². The van der Waals surface area contributed by atoms with Gasteiger partial charge in [0.05, 0.1) is 0 Å². The molecule has 1 fully saturated rings. The Balaban J connectivity index is 1.37. The summed E-state index contributed by atoms with van der Waals surface area (Å²) in [5.74, 6) is 1.26. The van der Waals surface area contributed by atoms with Gasteiger partial charge in [-0.2, -0.15) is 4.98 Å². The van der Waals surface area contributed by atoms with E-state index in [4.69, 9.17) is 4.52 Å². The van der Waals surface area contributed by atoms with Crippen LogP contribution in [0.5, 0.6) is 0 Å². The highest BCUT2D eigenvalue weighted by molar-refractivity contribution is 5.74. The summed E-state index contributed by atoms with van der Waals surface area (Å²) in [5, 5.41) is 9.73. The molecular formula is C18H25N5O2. The Labute approximate surface area is 147 Å². The second-order valence-corrected chi connectivity index (χ2v) is 6.36. The molecule has 0 aliphatic carbocycles. The van der Waals surface area contributed by atoms with Gasteiger partial charge >= 0.3 is 6.03 Å². The number of carbonyl (C=O) groups excluding carboxylic acids is 1. The molecule has 1 aliphatic rings. The first kappa shape index (κ1) is 17.3. The molecule has 25 heavy (non-hydrogen) atoms. The molecule has 0 radical (unpaired) electrons. The van der Waals surface area contributed by atoms with E-state index in [0.717, 1.165) is 32.4 Å². The fourth-order valence-corrected chi connectivity index (χ4v) is 3.09. The lowest BCUT2D eigenvalue weighted by Gasteiger charge is -2.34. The molecule has 0 spiro atoms. The van der Waals surface area contributed by atoms with Gasteiger partial charge in [-0.3, -0.25) is 0 Å². The van der Waals surface area contributed by atoms with Crippen molar-refractivity contribution in [2.45, 2.75) is 38.6 Å². The molecule has 0 unspecified atom stereocenters. The summed E-state index contributed by atoms with van der Waals surface area (Å²) in [7, 11) is 0. The molecule has 7 heteroatoms. The van der Waals surface area contributed by atoms with Crippen LogP contribution in [0.15, 0.2) is 34.9 Å². The first-order chi connectivity index (χ1) is 12.2. The van der Waals surface area contributed by atoms with Gasteiger partial charge in [0.2, 0.25) is 5.89 Å². The third-order valence-corrected chi connectivity index (χ3v) is 4.30. The molecule has 0 bridgehead atoms. The number of hydrogen-bond acceptors (Lipinski definition) is 5. The van der Waals surface area contributed by atoms with Crippen LogP contribution in [0.4, 0.5) is 10.5 Å². The molecule has 1 aromatic heterocycles. The van der Waals surface area contributed by atoms with Gasteiger partial charge in [-0.1, -0.05) is 23.4 Å². The number of aromatic nitrogens is 2. The molecule has 1 atom stereocenters. The largest absolute Gasteiger partial charge is 0.369 e. The minimum atomic E-state index is -0.110. The summed E-state index contributed by atoms with van der Waals surface area (Å²) in [6.07, 6.45) is 3.54. The minimum Gasteiger partial charge on any atom is -0.369 e. The number of rotatable bonds is 6. The van der Waals surface area contributed by atoms with Gasteiger partial charge in [0.15, 0.2) is 5.82 Å². The smallest absolute Gasteiger partial charge is 0.315 e. The van der Waals surface area contributed by atoms with Crippen molar-refractivity contribution in [3.05, 3.63) is 42.0 Å². The average Bonchev–Trinajstić information content (AvgIpc) is 3.05. The Hall–Kier alpha value is -2.57. The maximum Gasteiger partial charge on any atom is 0.315 e. The SMILES string of the molecule is Cc1noc(CCCNC(=O)N[C@@H]2CCCN(c3ccccc3)C2)n1. The van der Waals surface area contributed by atoms with Crippen LogP contribution >= 0.6 is 0 Å². The number of nitrogens with zero attached hydrogens (tertiary/aromatic N) is 3. The Morgan fingerprint density at radius 2 is 2.20 bits per heavy atom. The number of amides is 2. The summed E-state index contributed by atoms with van der Waals surface area (Å²) < 4.78 is 5.05. The highest BCUT2D eigenvalue weighted by Gasteiger charge is 2.21. The second kappa shape index (κ2) is 8.50. The third-order valence-electron chi connectivity index (χ3n) is 4.30. The lowest BCUT2D eigenvalue weighted by Crippen LogP contribution is -2.50. The molecule has 2 amide bonds. The van der Waals surface area contributed by atoms with Gasteiger partial charge < -0.3 is 20.1 Å². The second-order valence-electron chi connectivity index (χ2n) is 6.36. The zero-order chi connectivity index (χ0) is 17.5. The summed E-state index contributed by atoms with van der Waals surface area (Å²) in [4.78, 5) is 18.5. The van der Waals surface area contributed by atoms with Crippen LogP contribution in [0.25, 0.3) is 0 Å². The Bertz CT molecular complexity index is 673. The van der Waals surface area contributed by atoms with Gasteiger partial charge in [-0.25, -0.2) is 4.79 Å². The Morgan fingerprint density at radius 3 is 2.96 bits per heavy atom. The van der Waals surface area contributed by atoms with E-state index >= 15 is 0 Å². The van der Waals surface area contributed by atoms with Crippen molar-refractivity contribution in [1.29, 1.82) is 0 Å². The fraction of sp³-hybridized carbons (Fsp3) is 0.500. The number of hydrogen-bond donors (Lipinski definition) is 2. The van der Waals surface area contributed by atoms with Crippen molar-refractivity contribution in [3.63, 3.8) is 0 Å². The Morgan fingerprint density at radius 1 is 1.36 bits per heavy atom. The molecule has 3 rings (SSSR count). The van der Waals surface area contributed by atoms with Crippen LogP contribution in [-0.2, 0) is 6.42 Å². The molecule has 1 aromatic carbocycles. The molecular weight excluding hydrogens is 318 g/mol. The number of para-hydroxylation sites is 1. The lowest BCUT2D eigenvalue weighted by molar-refractivity contribution is 0.234. The van der Waals surface area contributed by atoms with Gasteiger partial charge in [-0.05, 0) is 38.3 Å². The summed E-state index contributed by atoms with van der Waals surface area (Å²) in [6.45, 7) is 4.26. The quantitative estimate of drug-likeness (QED) is 0.786. The highest BCUT2D eigenvalue weighted by Crippen LogP contribution is 2.19. The van der Waals surface area contributed by atoms with Crippen molar-refractivity contribution in [1.82, 2.24) is 20.8 Å². The summed E-state index contributed by atoms with van der Waals surface area (Å²) >= 11 is 0. The van der Waals surface area contributed by atoms with E-state index in [2.05, 4.69) is 37.8 Å². The molecule has 134 valence electrons. The lowest BCUT2D eigenvalue weighted by atomic mass is 10.1. The van der Waals surface area contributed by atoms with E-state index in [9.17, 15) is 4.79 Å². The number of anilines is 1. The van der Waals surface area contributed by atoms with Gasteiger partial charge in [-0.15, -0.1) is 0 Å². The van der Waals surface area contributed by atoms with E-state index in [-0.39, 0.29) is 12.1 Å². The van der Waals surface area contributed by atoms with Crippen molar-refractivity contribution in [2.24, 2.45) is 0 Å². The maximum absolute atomic E-state index is 12.1. The molecule has 1 saturated heterocycles. The van der Waals surface area contributed by atoms with Crippen LogP contribution in [0.3, 0.4) is 0 Å². The van der Waals surface area contributed by atoms with Crippen molar-refractivity contribution in [2.75, 3.05) is 24.5 Å². The van der Waals surface area contributed by atoms with Gasteiger partial charge in [0, 0.05) is 37.8 Å². The Kier molecular flexibility index (Phi) is 5.87. The van der Waals surface area contributed by atoms with Crippen LogP contribution in [0.1, 0.15) is 31.0 Å². The van der Waals surface area contributed by atoms with Crippen molar-refractivity contribution < 1.29 is 9.32 Å². The van der Waals surface area contributed by atoms with Crippen LogP contribution in [0.2, 0.25) is 0 Å². The molecule has 2 aromatic rings. The fourth-order valence-electron chi connectivity index (χ4n) is 3.09. The predicted molar refractivity (Wildman–Crippen MR) is 95.6 cm³/mol. The summed E-state index contributed by atoms with van der Waals surface area (Å²) in [6, 6.07) is 10.4. The molecule has 0 saturated carbocycles. The zero-order valence-corrected chi connectivity index (χ0v) is 14.6. The number of carbonyl (C=O) groups is 1. The zero-order valence-electron chi connectivity index (χ0n) is 14.6. The van der Waals surface area contributed by atoms with Gasteiger partial charge in [0.25, 0.3) is 0 Å². The topological polar surface area (TPSA) is 83.3 Å². The molecule has 2 heterocycles. The molecule has 2 N–H and O–H groups in total. The van der Waals surface area contributed by atoms with Gasteiger partial charge in [0.1, 0.15) is 0 Å². The third kappa shape index (κ3) is 5.20. The van der Waals surface area contributed by atoms with Crippen molar-refractivity contribution in [3.8, 4) is 0 Å². The number of aryl methyl sites for hydroxylation is 2. The van der Waals surface area contributed by atoms with Crippen LogP contribution in [0, 0.1) is 6.92 Å². The van der Waals surface area contributed by atoms with E-state index in [1.54, 1.807) is 6.92 Å². The monoisotopic (exact) mass is 343 g/mol. The highest BCUT2D eigenvalue weighted by atomic mass is 16.5. The van der Waals surface area contributed by atoms with Crippen molar-refractivity contribution >= 4 is 11.7 Å². The number of nitrogens with one attached hydrogen (secondary N) is 2. The van der Waals surface area contributed by atoms with Crippen LogP contribution < -0.4 is 15.5 Å². The maximum atomic E-state index is 12.1. The standard InChI is InChI=1S/C18H25N5O2/c1-14-20-17(25-22-14)10-5-11-19-18(24)21-15-7-6-12-23(13-15)16-8-3-2-4-9-16/h2-4,8-9,15H,5-7,10-13H2,1H3,(H2,19,21,24)/t15-/m1/s1. The normalized spacial score (nSPS) is 17.3. The molecule has 7 nitrogen and oxygen atoms in total.